The Balaban J connectivity index is 1.92. The lowest BCUT2D eigenvalue weighted by molar-refractivity contribution is -0.139. The maximum atomic E-state index is 12.7. The molecule has 0 saturated carbocycles. The van der Waals surface area contributed by atoms with E-state index in [9.17, 15) is 9.59 Å². The predicted molar refractivity (Wildman–Crippen MR) is 109 cm³/mol. The molecule has 0 fully saturated rings. The summed E-state index contributed by atoms with van der Waals surface area (Å²) in [5.74, 6) is 0.296. The Bertz CT molecular complexity index is 859. The number of hydrogen-bond acceptors (Lipinski definition) is 5. The highest BCUT2D eigenvalue weighted by Crippen LogP contribution is 2.29. The molecule has 1 aliphatic heterocycles. The number of benzene rings is 1. The average molecular weight is 397 g/mol. The van der Waals surface area contributed by atoms with Crippen LogP contribution < -0.4 is 16.0 Å². The molecule has 1 aromatic heterocycles. The second-order valence-electron chi connectivity index (χ2n) is 7.17. The molecule has 1 aromatic carbocycles. The van der Waals surface area contributed by atoms with Crippen molar-refractivity contribution < 1.29 is 18.7 Å². The van der Waals surface area contributed by atoms with Crippen LogP contribution in [0.3, 0.4) is 0 Å². The molecule has 0 aliphatic carbocycles. The molecular weight excluding hydrogens is 370 g/mol. The Morgan fingerprint density at radius 2 is 1.97 bits per heavy atom. The first-order valence-electron chi connectivity index (χ1n) is 9.80. The minimum Gasteiger partial charge on any atom is -0.467 e. The van der Waals surface area contributed by atoms with Gasteiger partial charge in [-0.2, -0.15) is 0 Å². The van der Waals surface area contributed by atoms with Crippen LogP contribution in [0.25, 0.3) is 0 Å². The molecule has 0 saturated heterocycles. The fourth-order valence-corrected chi connectivity index (χ4v) is 3.49. The molecule has 2 amide bonds. The number of carbonyl (C=O) groups is 2. The van der Waals surface area contributed by atoms with Crippen LogP contribution >= 0.6 is 0 Å². The minimum absolute atomic E-state index is 0.0565. The van der Waals surface area contributed by atoms with Crippen LogP contribution in [0.5, 0.6) is 0 Å². The number of ether oxygens (including phenoxy) is 1. The van der Waals surface area contributed by atoms with Crippen LogP contribution in [-0.4, -0.2) is 25.2 Å². The Hall–Kier alpha value is -3.06. The monoisotopic (exact) mass is 397 g/mol. The molecule has 0 bridgehead atoms. The van der Waals surface area contributed by atoms with E-state index in [2.05, 4.69) is 41.9 Å². The van der Waals surface area contributed by atoms with Gasteiger partial charge in [-0.3, -0.25) is 0 Å². The molecule has 3 rings (SSSR count). The van der Waals surface area contributed by atoms with Gasteiger partial charge in [0.2, 0.25) is 0 Å². The number of carbonyl (C=O) groups excluding carboxylic acids is 2. The van der Waals surface area contributed by atoms with Gasteiger partial charge >= 0.3 is 12.0 Å². The first-order valence-corrected chi connectivity index (χ1v) is 9.80. The zero-order valence-electron chi connectivity index (χ0n) is 16.9. The average Bonchev–Trinajstić information content (AvgIpc) is 3.23. The second-order valence-corrected chi connectivity index (χ2v) is 7.17. The number of hydrogen-bond donors (Lipinski definition) is 3. The molecule has 1 aliphatic rings. The third kappa shape index (κ3) is 4.86. The van der Waals surface area contributed by atoms with Gasteiger partial charge in [-0.05, 0) is 30.5 Å². The van der Waals surface area contributed by atoms with Crippen molar-refractivity contribution in [3.63, 3.8) is 0 Å². The van der Waals surface area contributed by atoms with Gasteiger partial charge in [0, 0.05) is 18.3 Å². The van der Waals surface area contributed by atoms with E-state index in [-0.39, 0.29) is 12.6 Å². The van der Waals surface area contributed by atoms with E-state index in [1.807, 2.05) is 18.2 Å². The summed E-state index contributed by atoms with van der Waals surface area (Å²) in [7, 11) is 0. The van der Waals surface area contributed by atoms with Crippen LogP contribution in [0.2, 0.25) is 0 Å². The van der Waals surface area contributed by atoms with Gasteiger partial charge in [0.15, 0.2) is 0 Å². The fraction of sp³-hybridized carbons (Fsp3) is 0.364. The van der Waals surface area contributed by atoms with Gasteiger partial charge < -0.3 is 25.1 Å². The first-order chi connectivity index (χ1) is 14.0. The summed E-state index contributed by atoms with van der Waals surface area (Å²) < 4.78 is 10.7. The summed E-state index contributed by atoms with van der Waals surface area (Å²) in [6, 6.07) is 12.5. The Kier molecular flexibility index (Phi) is 6.72. The molecule has 154 valence electrons. The van der Waals surface area contributed by atoms with Crippen molar-refractivity contribution in [2.45, 2.75) is 32.9 Å². The topological polar surface area (TPSA) is 92.6 Å². The highest BCUT2D eigenvalue weighted by molar-refractivity contribution is 5.95. The smallest absolute Gasteiger partial charge is 0.338 e. The highest BCUT2D eigenvalue weighted by atomic mass is 16.5. The molecule has 7 nitrogen and oxygen atoms in total. The van der Waals surface area contributed by atoms with Crippen LogP contribution in [-0.2, 0) is 9.53 Å². The van der Waals surface area contributed by atoms with Crippen molar-refractivity contribution in [1.82, 2.24) is 16.0 Å². The number of rotatable bonds is 8. The Labute approximate surface area is 170 Å². The number of furan rings is 1. The van der Waals surface area contributed by atoms with Crippen LogP contribution in [0, 0.1) is 5.92 Å². The van der Waals surface area contributed by atoms with E-state index < -0.39 is 18.0 Å². The Morgan fingerprint density at radius 1 is 1.21 bits per heavy atom. The zero-order chi connectivity index (χ0) is 20.8. The lowest BCUT2D eigenvalue weighted by Crippen LogP contribution is -2.48. The largest absolute Gasteiger partial charge is 0.467 e. The van der Waals surface area contributed by atoms with Gasteiger partial charge in [0.1, 0.15) is 11.8 Å². The van der Waals surface area contributed by atoms with Gasteiger partial charge in [0.25, 0.3) is 0 Å². The van der Waals surface area contributed by atoms with E-state index in [0.717, 1.165) is 5.56 Å². The maximum absolute atomic E-state index is 12.7. The van der Waals surface area contributed by atoms with Crippen molar-refractivity contribution in [2.75, 3.05) is 13.2 Å². The SMILES string of the molecule is CCOC(=O)C1=C(CN[C@@H](c2ccccc2)C(C)C)NC(=O)N[C@@H]1c1ccco1. The lowest BCUT2D eigenvalue weighted by atomic mass is 9.95. The second kappa shape index (κ2) is 9.43. The summed E-state index contributed by atoms with van der Waals surface area (Å²) in [5, 5.41) is 9.00. The Morgan fingerprint density at radius 3 is 2.59 bits per heavy atom. The van der Waals surface area contributed by atoms with Crippen LogP contribution in [0.15, 0.2) is 64.4 Å². The predicted octanol–water partition coefficient (Wildman–Crippen LogP) is 3.44. The number of esters is 1. The summed E-state index contributed by atoms with van der Waals surface area (Å²) in [6.07, 6.45) is 1.51. The van der Waals surface area contributed by atoms with Crippen molar-refractivity contribution >= 4 is 12.0 Å². The standard InChI is InChI=1S/C22H27N3O4/c1-4-28-21(26)18-16(24-22(27)25-20(18)17-11-8-12-29-17)13-23-19(14(2)3)15-9-6-5-7-10-15/h5-12,14,19-20,23H,4,13H2,1-3H3,(H2,24,25,27)/t19-,20-/m1/s1. The zero-order valence-corrected chi connectivity index (χ0v) is 16.9. The molecule has 0 radical (unpaired) electrons. The third-order valence-electron chi connectivity index (χ3n) is 4.80. The normalized spacial score (nSPS) is 17.7. The summed E-state index contributed by atoms with van der Waals surface area (Å²) in [5.41, 5.74) is 1.96. The van der Waals surface area contributed by atoms with Crippen molar-refractivity contribution in [2.24, 2.45) is 5.92 Å². The van der Waals surface area contributed by atoms with E-state index >= 15 is 0 Å². The van der Waals surface area contributed by atoms with Gasteiger partial charge in [0.05, 0.1) is 18.4 Å². The fourth-order valence-electron chi connectivity index (χ4n) is 3.49. The van der Waals surface area contributed by atoms with E-state index in [1.165, 1.54) is 6.26 Å². The number of urea groups is 1. The van der Waals surface area contributed by atoms with Gasteiger partial charge in [-0.25, -0.2) is 9.59 Å². The highest BCUT2D eigenvalue weighted by Gasteiger charge is 2.35. The molecule has 29 heavy (non-hydrogen) atoms. The maximum Gasteiger partial charge on any atom is 0.338 e. The summed E-state index contributed by atoms with van der Waals surface area (Å²) in [4.78, 5) is 25.0. The van der Waals surface area contributed by atoms with Gasteiger partial charge in [-0.1, -0.05) is 44.2 Å². The summed E-state index contributed by atoms with van der Waals surface area (Å²) >= 11 is 0. The molecule has 2 aromatic rings. The van der Waals surface area contributed by atoms with Crippen molar-refractivity contribution in [3.05, 3.63) is 71.3 Å². The minimum atomic E-state index is -0.705. The molecule has 7 heteroatoms. The number of nitrogens with one attached hydrogen (secondary N) is 3. The molecule has 2 atom stereocenters. The summed E-state index contributed by atoms with van der Waals surface area (Å²) in [6.45, 7) is 6.53. The van der Waals surface area contributed by atoms with E-state index in [4.69, 9.17) is 9.15 Å². The molecule has 0 spiro atoms. The van der Waals surface area contributed by atoms with E-state index in [1.54, 1.807) is 19.1 Å². The molecular formula is C22H27N3O4. The van der Waals surface area contributed by atoms with Crippen LogP contribution in [0.1, 0.15) is 44.2 Å². The lowest BCUT2D eigenvalue weighted by Gasteiger charge is -2.30. The molecule has 2 heterocycles. The van der Waals surface area contributed by atoms with E-state index in [0.29, 0.717) is 29.5 Å². The van der Waals surface area contributed by atoms with Gasteiger partial charge in [-0.15, -0.1) is 0 Å². The quantitative estimate of drug-likeness (QED) is 0.594. The third-order valence-corrected chi connectivity index (χ3v) is 4.80. The van der Waals surface area contributed by atoms with Crippen molar-refractivity contribution in [1.29, 1.82) is 0 Å². The van der Waals surface area contributed by atoms with Crippen LogP contribution in [0.4, 0.5) is 4.79 Å². The molecule has 3 N–H and O–H groups in total. The first kappa shape index (κ1) is 20.7. The molecule has 0 unspecified atom stereocenters. The number of amides is 2. The van der Waals surface area contributed by atoms with Crippen molar-refractivity contribution in [3.8, 4) is 0 Å².